The second-order valence-electron chi connectivity index (χ2n) is 2.64. The number of aliphatic hydroxyl groups is 1. The van der Waals surface area contributed by atoms with E-state index in [1.807, 2.05) is 0 Å². The molecule has 0 bridgehead atoms. The van der Waals surface area contributed by atoms with Crippen LogP contribution in [0.15, 0.2) is 18.2 Å². The van der Waals surface area contributed by atoms with Crippen molar-refractivity contribution in [1.29, 1.82) is 0 Å². The Morgan fingerprint density at radius 1 is 1.47 bits per heavy atom. The molecule has 80 valence electrons. The molecule has 6 heteroatoms. The molecular weight excluding hydrogens is 208 g/mol. The van der Waals surface area contributed by atoms with Gasteiger partial charge in [-0.2, -0.15) is 4.39 Å². The number of benzene rings is 1. The maximum atomic E-state index is 13.3. The second kappa shape index (κ2) is 4.61. The summed E-state index contributed by atoms with van der Waals surface area (Å²) < 4.78 is 26.3. The zero-order valence-corrected chi connectivity index (χ0v) is 7.48. The van der Waals surface area contributed by atoms with Gasteiger partial charge in [-0.1, -0.05) is 12.2 Å². The van der Waals surface area contributed by atoms with Gasteiger partial charge in [-0.25, -0.2) is 4.39 Å². The van der Waals surface area contributed by atoms with Gasteiger partial charge in [0.25, 0.3) is 0 Å². The van der Waals surface area contributed by atoms with Gasteiger partial charge in [0.2, 0.25) is 5.82 Å². The first kappa shape index (κ1) is 11.3. The molecule has 1 aromatic carbocycles. The highest BCUT2D eigenvalue weighted by molar-refractivity contribution is 5.55. The van der Waals surface area contributed by atoms with Crippen LogP contribution in [0.5, 0.6) is 0 Å². The minimum absolute atomic E-state index is 0.401. The molecule has 0 saturated heterocycles. The Labute approximate surface area is 83.6 Å². The first-order valence-electron chi connectivity index (χ1n) is 3.97. The SMILES string of the molecule is O=[N+]([O-])c1ccc(F)c(/C=C/CO)c1F. The van der Waals surface area contributed by atoms with Crippen LogP contribution >= 0.6 is 0 Å². The molecule has 0 atom stereocenters. The number of hydrogen-bond donors (Lipinski definition) is 1. The molecule has 15 heavy (non-hydrogen) atoms. The van der Waals surface area contributed by atoms with Crippen LogP contribution in [0.2, 0.25) is 0 Å². The molecule has 1 N–H and O–H groups in total. The van der Waals surface area contributed by atoms with Crippen molar-refractivity contribution in [2.75, 3.05) is 6.61 Å². The lowest BCUT2D eigenvalue weighted by atomic mass is 10.1. The summed E-state index contributed by atoms with van der Waals surface area (Å²) >= 11 is 0. The van der Waals surface area contributed by atoms with Crippen LogP contribution in [0, 0.1) is 21.7 Å². The number of nitro groups is 1. The van der Waals surface area contributed by atoms with E-state index in [0.717, 1.165) is 24.3 Å². The van der Waals surface area contributed by atoms with Gasteiger partial charge in [-0.05, 0) is 6.07 Å². The number of nitro benzene ring substituents is 1. The predicted octanol–water partition coefficient (Wildman–Crippen LogP) is 1.88. The highest BCUT2D eigenvalue weighted by Crippen LogP contribution is 2.23. The van der Waals surface area contributed by atoms with E-state index in [1.54, 1.807) is 0 Å². The lowest BCUT2D eigenvalue weighted by Gasteiger charge is -1.99. The van der Waals surface area contributed by atoms with Crippen molar-refractivity contribution in [3.05, 3.63) is 45.5 Å². The summed E-state index contributed by atoms with van der Waals surface area (Å²) in [5.41, 5.74) is -1.33. The van der Waals surface area contributed by atoms with Gasteiger partial charge in [0.05, 0.1) is 17.1 Å². The Morgan fingerprint density at radius 3 is 2.67 bits per heavy atom. The van der Waals surface area contributed by atoms with Gasteiger partial charge in [0.1, 0.15) is 5.82 Å². The van der Waals surface area contributed by atoms with E-state index in [4.69, 9.17) is 5.11 Å². The summed E-state index contributed by atoms with van der Waals surface area (Å²) in [4.78, 5) is 9.39. The molecule has 4 nitrogen and oxygen atoms in total. The van der Waals surface area contributed by atoms with Crippen molar-refractivity contribution < 1.29 is 18.8 Å². The van der Waals surface area contributed by atoms with Crippen LogP contribution < -0.4 is 0 Å². The number of nitrogens with zero attached hydrogens (tertiary/aromatic N) is 1. The summed E-state index contributed by atoms with van der Waals surface area (Å²) in [6.45, 7) is -0.401. The van der Waals surface area contributed by atoms with Crippen molar-refractivity contribution in [1.82, 2.24) is 0 Å². The molecule has 0 spiro atoms. The third-order valence-corrected chi connectivity index (χ3v) is 1.69. The Bertz CT molecular complexity index is 418. The molecule has 0 amide bonds. The second-order valence-corrected chi connectivity index (χ2v) is 2.64. The Balaban J connectivity index is 3.30. The molecule has 0 fully saturated rings. The first-order chi connectivity index (χ1) is 7.07. The molecule has 1 aromatic rings. The molecule has 1 rings (SSSR count). The van der Waals surface area contributed by atoms with E-state index in [-0.39, 0.29) is 0 Å². The van der Waals surface area contributed by atoms with Crippen LogP contribution in [0.3, 0.4) is 0 Å². The number of halogens is 2. The lowest BCUT2D eigenvalue weighted by Crippen LogP contribution is -1.97. The molecule has 0 unspecified atom stereocenters. The Morgan fingerprint density at radius 2 is 2.13 bits per heavy atom. The largest absolute Gasteiger partial charge is 0.392 e. The fraction of sp³-hybridized carbons (Fsp3) is 0.111. The van der Waals surface area contributed by atoms with Gasteiger partial charge >= 0.3 is 5.69 Å². The molecule has 0 radical (unpaired) electrons. The fourth-order valence-electron chi connectivity index (χ4n) is 1.02. The normalized spacial score (nSPS) is 10.9. The van der Waals surface area contributed by atoms with Gasteiger partial charge in [-0.15, -0.1) is 0 Å². The summed E-state index contributed by atoms with van der Waals surface area (Å²) in [5, 5.41) is 18.8. The molecule has 0 aliphatic rings. The molecule has 0 heterocycles. The van der Waals surface area contributed by atoms with Crippen LogP contribution in [-0.2, 0) is 0 Å². The van der Waals surface area contributed by atoms with Crippen molar-refractivity contribution >= 4 is 11.8 Å². The van der Waals surface area contributed by atoms with E-state index in [9.17, 15) is 18.9 Å². The predicted molar refractivity (Wildman–Crippen MR) is 49.1 cm³/mol. The summed E-state index contributed by atoms with van der Waals surface area (Å²) in [7, 11) is 0. The topological polar surface area (TPSA) is 63.4 Å². The monoisotopic (exact) mass is 215 g/mol. The summed E-state index contributed by atoms with van der Waals surface area (Å²) in [6, 6.07) is 1.55. The highest BCUT2D eigenvalue weighted by atomic mass is 19.1. The van der Waals surface area contributed by atoms with Crippen molar-refractivity contribution in [2.45, 2.75) is 0 Å². The van der Waals surface area contributed by atoms with Gasteiger partial charge < -0.3 is 5.11 Å². The van der Waals surface area contributed by atoms with Crippen molar-refractivity contribution in [2.24, 2.45) is 0 Å². The smallest absolute Gasteiger partial charge is 0.305 e. The fourth-order valence-corrected chi connectivity index (χ4v) is 1.02. The maximum Gasteiger partial charge on any atom is 0.305 e. The third kappa shape index (κ3) is 2.35. The Hall–Kier alpha value is -1.82. The van der Waals surface area contributed by atoms with E-state index < -0.39 is 34.4 Å². The van der Waals surface area contributed by atoms with Crippen LogP contribution in [0.25, 0.3) is 6.08 Å². The summed E-state index contributed by atoms with van der Waals surface area (Å²) in [5.74, 6) is -2.16. The minimum Gasteiger partial charge on any atom is -0.392 e. The third-order valence-electron chi connectivity index (χ3n) is 1.69. The zero-order chi connectivity index (χ0) is 11.4. The number of hydrogen-bond acceptors (Lipinski definition) is 3. The number of aliphatic hydroxyl groups excluding tert-OH is 1. The van der Waals surface area contributed by atoms with E-state index in [1.165, 1.54) is 0 Å². The molecule has 0 aromatic heterocycles. The van der Waals surface area contributed by atoms with Crippen LogP contribution in [-0.4, -0.2) is 16.6 Å². The van der Waals surface area contributed by atoms with Gasteiger partial charge in [0.15, 0.2) is 0 Å². The lowest BCUT2D eigenvalue weighted by molar-refractivity contribution is -0.387. The maximum absolute atomic E-state index is 13.3. The van der Waals surface area contributed by atoms with Crippen LogP contribution in [0.1, 0.15) is 5.56 Å². The van der Waals surface area contributed by atoms with Gasteiger partial charge in [-0.3, -0.25) is 10.1 Å². The molecular formula is C9H7F2NO3. The zero-order valence-electron chi connectivity index (χ0n) is 7.48. The quantitative estimate of drug-likeness (QED) is 0.618. The van der Waals surface area contributed by atoms with Crippen molar-refractivity contribution in [3.63, 3.8) is 0 Å². The summed E-state index contributed by atoms with van der Waals surface area (Å²) in [6.07, 6.45) is 2.04. The first-order valence-corrected chi connectivity index (χ1v) is 3.97. The minimum atomic E-state index is -1.25. The average Bonchev–Trinajstić information content (AvgIpc) is 2.17. The highest BCUT2D eigenvalue weighted by Gasteiger charge is 2.19. The van der Waals surface area contributed by atoms with Gasteiger partial charge in [0, 0.05) is 6.07 Å². The molecule has 0 aliphatic carbocycles. The molecule has 0 saturated carbocycles. The number of rotatable bonds is 3. The van der Waals surface area contributed by atoms with E-state index >= 15 is 0 Å². The average molecular weight is 215 g/mol. The molecule has 0 aliphatic heterocycles. The van der Waals surface area contributed by atoms with Crippen molar-refractivity contribution in [3.8, 4) is 0 Å². The standard InChI is InChI=1S/C9H7F2NO3/c10-7-3-4-8(12(14)15)9(11)6(7)2-1-5-13/h1-4,13H,5H2/b2-1+. The van der Waals surface area contributed by atoms with E-state index in [0.29, 0.717) is 0 Å². The van der Waals surface area contributed by atoms with E-state index in [2.05, 4.69) is 0 Å². The van der Waals surface area contributed by atoms with Crippen LogP contribution in [0.4, 0.5) is 14.5 Å². The Kier molecular flexibility index (Phi) is 3.46.